The Balaban J connectivity index is 1.63. The van der Waals surface area contributed by atoms with Crippen molar-refractivity contribution in [1.29, 1.82) is 0 Å². The number of methoxy groups -OCH3 is 1. The first-order valence-electron chi connectivity index (χ1n) is 8.29. The number of rotatable bonds is 4. The fourth-order valence-corrected chi connectivity index (χ4v) is 4.33. The Labute approximate surface area is 150 Å². The molecule has 2 aliphatic heterocycles. The van der Waals surface area contributed by atoms with Crippen LogP contribution in [0.5, 0.6) is 5.75 Å². The molecular weight excluding hydrogens is 334 g/mol. The number of thioether (sulfide) groups is 1. The Bertz CT molecular complexity index is 863. The molecule has 1 amide bonds. The van der Waals surface area contributed by atoms with Crippen molar-refractivity contribution in [2.75, 3.05) is 12.4 Å². The molecule has 0 radical (unpaired) electrons. The monoisotopic (exact) mass is 353 g/mol. The Morgan fingerprint density at radius 3 is 2.72 bits per heavy atom. The summed E-state index contributed by atoms with van der Waals surface area (Å²) in [5.74, 6) is 0.718. The quantitative estimate of drug-likeness (QED) is 0.884. The largest absolute Gasteiger partial charge is 0.497 e. The van der Waals surface area contributed by atoms with Gasteiger partial charge in [-0.05, 0) is 42.3 Å². The number of aryl methyl sites for hydroxylation is 1. The normalized spacial score (nSPS) is 20.9. The summed E-state index contributed by atoms with van der Waals surface area (Å²) < 4.78 is 5.19. The zero-order valence-electron chi connectivity index (χ0n) is 14.1. The van der Waals surface area contributed by atoms with Crippen LogP contribution >= 0.6 is 11.8 Å². The van der Waals surface area contributed by atoms with Gasteiger partial charge in [0.25, 0.3) is 5.91 Å². The number of anilines is 1. The minimum Gasteiger partial charge on any atom is -0.497 e. The van der Waals surface area contributed by atoms with Crippen LogP contribution in [0.2, 0.25) is 0 Å². The third-order valence-electron chi connectivity index (χ3n) is 4.47. The lowest BCUT2D eigenvalue weighted by atomic mass is 10.0. The second kappa shape index (κ2) is 6.11. The molecule has 2 heterocycles. The van der Waals surface area contributed by atoms with Crippen molar-refractivity contribution in [3.05, 3.63) is 59.2 Å². The number of carbonyl (C=O) groups excluding carboxylic acids is 1. The number of benzene rings is 2. The van der Waals surface area contributed by atoms with Gasteiger partial charge < -0.3 is 10.1 Å². The summed E-state index contributed by atoms with van der Waals surface area (Å²) in [5.41, 5.74) is 7.08. The summed E-state index contributed by atoms with van der Waals surface area (Å²) in [6, 6.07) is 13.9. The molecule has 1 atom stereocenters. The number of hydrazone groups is 1. The molecule has 2 N–H and O–H groups in total. The second-order valence-electron chi connectivity index (χ2n) is 6.12. The van der Waals surface area contributed by atoms with Gasteiger partial charge in [0.05, 0.1) is 7.11 Å². The molecule has 0 aliphatic carbocycles. The van der Waals surface area contributed by atoms with Crippen molar-refractivity contribution in [3.8, 4) is 5.75 Å². The smallest absolute Gasteiger partial charge is 0.267 e. The van der Waals surface area contributed by atoms with Crippen molar-refractivity contribution in [3.63, 3.8) is 0 Å². The van der Waals surface area contributed by atoms with Gasteiger partial charge in [0.2, 0.25) is 4.87 Å². The van der Waals surface area contributed by atoms with Crippen LogP contribution in [0.3, 0.4) is 0 Å². The summed E-state index contributed by atoms with van der Waals surface area (Å²) in [5, 5.41) is 8.23. The van der Waals surface area contributed by atoms with Crippen molar-refractivity contribution in [2.24, 2.45) is 5.10 Å². The topological polar surface area (TPSA) is 62.7 Å². The highest BCUT2D eigenvalue weighted by atomic mass is 32.2. The molecule has 0 saturated heterocycles. The Morgan fingerprint density at radius 2 is 2.00 bits per heavy atom. The lowest BCUT2D eigenvalue weighted by Crippen LogP contribution is -2.39. The summed E-state index contributed by atoms with van der Waals surface area (Å²) >= 11 is 1.44. The molecule has 2 aliphatic rings. The Kier molecular flexibility index (Phi) is 3.92. The lowest BCUT2D eigenvalue weighted by molar-refractivity contribution is -0.118. The van der Waals surface area contributed by atoms with Crippen LogP contribution in [0.15, 0.2) is 47.6 Å². The SMILES string of the molecule is CCCc1ccc2c(c1)NC(=O)C21NN=C(c2ccc(OC)cc2)S1. The maximum Gasteiger partial charge on any atom is 0.267 e. The zero-order chi connectivity index (χ0) is 17.4. The molecule has 0 aromatic heterocycles. The number of hydrogen-bond donors (Lipinski definition) is 2. The van der Waals surface area contributed by atoms with Gasteiger partial charge >= 0.3 is 0 Å². The van der Waals surface area contributed by atoms with E-state index < -0.39 is 4.87 Å². The second-order valence-corrected chi connectivity index (χ2v) is 7.33. The van der Waals surface area contributed by atoms with Crippen molar-refractivity contribution >= 4 is 28.4 Å². The van der Waals surface area contributed by atoms with E-state index in [4.69, 9.17) is 4.74 Å². The third-order valence-corrected chi connectivity index (χ3v) is 5.79. The average Bonchev–Trinajstić information content (AvgIpc) is 3.19. The lowest BCUT2D eigenvalue weighted by Gasteiger charge is -2.20. The minimum atomic E-state index is -0.880. The number of carbonyl (C=O) groups is 1. The molecule has 4 rings (SSSR count). The van der Waals surface area contributed by atoms with Gasteiger partial charge in [-0.25, -0.2) is 0 Å². The molecule has 128 valence electrons. The van der Waals surface area contributed by atoms with Gasteiger partial charge in [-0.1, -0.05) is 37.2 Å². The van der Waals surface area contributed by atoms with Crippen LogP contribution in [0, 0.1) is 0 Å². The van der Waals surface area contributed by atoms with Crippen LogP contribution in [-0.4, -0.2) is 18.1 Å². The van der Waals surface area contributed by atoms with Gasteiger partial charge in [0.15, 0.2) is 0 Å². The van der Waals surface area contributed by atoms with E-state index in [1.807, 2.05) is 30.3 Å². The van der Waals surface area contributed by atoms with Gasteiger partial charge in [0, 0.05) is 16.8 Å². The molecule has 0 saturated carbocycles. The van der Waals surface area contributed by atoms with Crippen molar-refractivity contribution in [2.45, 2.75) is 24.6 Å². The Morgan fingerprint density at radius 1 is 1.20 bits per heavy atom. The van der Waals surface area contributed by atoms with Gasteiger partial charge in [-0.3, -0.25) is 10.2 Å². The molecule has 1 unspecified atom stereocenters. The highest BCUT2D eigenvalue weighted by molar-refractivity contribution is 8.16. The van der Waals surface area contributed by atoms with Crippen LogP contribution in [0.4, 0.5) is 5.69 Å². The zero-order valence-corrected chi connectivity index (χ0v) is 14.9. The average molecular weight is 353 g/mol. The first kappa shape index (κ1) is 16.0. The first-order valence-corrected chi connectivity index (χ1v) is 9.11. The maximum atomic E-state index is 12.7. The van der Waals surface area contributed by atoms with E-state index in [2.05, 4.69) is 34.9 Å². The molecule has 5 nitrogen and oxygen atoms in total. The van der Waals surface area contributed by atoms with Gasteiger partial charge in [-0.2, -0.15) is 5.10 Å². The summed E-state index contributed by atoms with van der Waals surface area (Å²) in [6.07, 6.45) is 2.08. The minimum absolute atomic E-state index is 0.0755. The predicted molar refractivity (Wildman–Crippen MR) is 101 cm³/mol. The van der Waals surface area contributed by atoms with E-state index in [0.717, 1.165) is 40.4 Å². The number of nitrogens with one attached hydrogen (secondary N) is 2. The molecule has 0 bridgehead atoms. The number of fused-ring (bicyclic) bond motifs is 2. The van der Waals surface area contributed by atoms with Crippen LogP contribution in [0.25, 0.3) is 0 Å². The standard InChI is InChI=1S/C19H19N3O2S/c1-3-4-12-5-10-15-16(11-12)20-18(23)19(15)22-21-17(25-19)13-6-8-14(24-2)9-7-13/h5-11,22H,3-4H2,1-2H3,(H,20,23). The summed E-state index contributed by atoms with van der Waals surface area (Å²) in [6.45, 7) is 2.15. The van der Waals surface area contributed by atoms with Crippen molar-refractivity contribution < 1.29 is 9.53 Å². The number of hydrogen-bond acceptors (Lipinski definition) is 5. The van der Waals surface area contributed by atoms with Crippen LogP contribution in [-0.2, 0) is 16.1 Å². The molecule has 0 fully saturated rings. The molecule has 1 spiro atoms. The Hall–Kier alpha value is -2.47. The first-order chi connectivity index (χ1) is 12.2. The maximum absolute atomic E-state index is 12.7. The van der Waals surface area contributed by atoms with E-state index in [-0.39, 0.29) is 5.91 Å². The summed E-state index contributed by atoms with van der Waals surface area (Å²) in [7, 11) is 1.64. The van der Waals surface area contributed by atoms with Crippen LogP contribution in [0.1, 0.15) is 30.0 Å². The van der Waals surface area contributed by atoms with E-state index in [0.29, 0.717) is 0 Å². The molecular formula is C19H19N3O2S. The third kappa shape index (κ3) is 2.57. The number of ether oxygens (including phenoxy) is 1. The highest BCUT2D eigenvalue weighted by Crippen LogP contribution is 2.48. The number of amides is 1. The fourth-order valence-electron chi connectivity index (χ4n) is 3.17. The predicted octanol–water partition coefficient (Wildman–Crippen LogP) is 3.45. The van der Waals surface area contributed by atoms with Crippen LogP contribution < -0.4 is 15.5 Å². The van der Waals surface area contributed by atoms with Gasteiger partial charge in [-0.15, -0.1) is 0 Å². The highest BCUT2D eigenvalue weighted by Gasteiger charge is 2.51. The molecule has 2 aromatic carbocycles. The van der Waals surface area contributed by atoms with Gasteiger partial charge in [0.1, 0.15) is 10.8 Å². The van der Waals surface area contributed by atoms with Crippen molar-refractivity contribution in [1.82, 2.24) is 5.43 Å². The molecule has 6 heteroatoms. The summed E-state index contributed by atoms with van der Waals surface area (Å²) in [4.78, 5) is 11.8. The van der Waals surface area contributed by atoms with E-state index >= 15 is 0 Å². The molecule has 2 aromatic rings. The van der Waals surface area contributed by atoms with E-state index in [1.165, 1.54) is 17.3 Å². The van der Waals surface area contributed by atoms with E-state index in [1.54, 1.807) is 7.11 Å². The fraction of sp³-hybridized carbons (Fsp3) is 0.263. The molecule has 25 heavy (non-hydrogen) atoms. The number of nitrogens with zero attached hydrogens (tertiary/aromatic N) is 1. The van der Waals surface area contributed by atoms with E-state index in [9.17, 15) is 4.79 Å².